The minimum absolute atomic E-state index is 0.0173. The average Bonchev–Trinajstić information content (AvgIpc) is 2.78. The van der Waals surface area contributed by atoms with Gasteiger partial charge in [0, 0.05) is 18.8 Å². The van der Waals surface area contributed by atoms with Crippen molar-refractivity contribution in [3.63, 3.8) is 0 Å². The summed E-state index contributed by atoms with van der Waals surface area (Å²) >= 11 is 0. The maximum absolute atomic E-state index is 13.1. The van der Waals surface area contributed by atoms with Crippen LogP contribution in [-0.4, -0.2) is 43.8 Å². The number of amides is 1. The van der Waals surface area contributed by atoms with Gasteiger partial charge in [-0.25, -0.2) is 13.2 Å². The summed E-state index contributed by atoms with van der Waals surface area (Å²) in [5, 5.41) is 11.6. The van der Waals surface area contributed by atoms with Gasteiger partial charge >= 0.3 is 5.97 Å². The predicted octanol–water partition coefficient (Wildman–Crippen LogP) is 3.41. The molecule has 1 saturated heterocycles. The fourth-order valence-corrected chi connectivity index (χ4v) is 5.65. The number of nitrogens with one attached hydrogen (secondary N) is 1. The van der Waals surface area contributed by atoms with Crippen molar-refractivity contribution < 1.29 is 22.7 Å². The number of anilines is 1. The van der Waals surface area contributed by atoms with Crippen molar-refractivity contribution in [3.8, 4) is 6.07 Å². The molecular weight excluding hydrogens is 442 g/mol. The fourth-order valence-electron chi connectivity index (χ4n) is 3.93. The first kappa shape index (κ1) is 24.4. The zero-order valence-electron chi connectivity index (χ0n) is 18.8. The Morgan fingerprint density at radius 3 is 2.45 bits per heavy atom. The summed E-state index contributed by atoms with van der Waals surface area (Å²) in [6, 6.07) is 14.0. The first-order valence-electron chi connectivity index (χ1n) is 10.7. The van der Waals surface area contributed by atoms with Gasteiger partial charge in [0.15, 0.2) is 6.10 Å². The molecule has 3 rings (SSSR count). The summed E-state index contributed by atoms with van der Waals surface area (Å²) in [5.41, 5.74) is 0.827. The third-order valence-corrected chi connectivity index (χ3v) is 7.28. The van der Waals surface area contributed by atoms with Crippen LogP contribution in [0, 0.1) is 23.2 Å². The molecule has 0 saturated carbocycles. The van der Waals surface area contributed by atoms with E-state index < -0.39 is 28.0 Å². The van der Waals surface area contributed by atoms with E-state index in [1.54, 1.807) is 18.2 Å². The second kappa shape index (κ2) is 10.1. The molecule has 0 spiro atoms. The Labute approximate surface area is 194 Å². The Hall–Kier alpha value is -3.22. The molecule has 9 heteroatoms. The maximum Gasteiger partial charge on any atom is 0.338 e. The number of benzene rings is 2. The van der Waals surface area contributed by atoms with E-state index in [2.05, 4.69) is 5.32 Å². The third kappa shape index (κ3) is 5.97. The van der Waals surface area contributed by atoms with Gasteiger partial charge in [-0.1, -0.05) is 26.0 Å². The molecule has 0 radical (unpaired) electrons. The molecule has 174 valence electrons. The Morgan fingerprint density at radius 1 is 1.12 bits per heavy atom. The highest BCUT2D eigenvalue weighted by molar-refractivity contribution is 7.89. The molecule has 1 heterocycles. The Morgan fingerprint density at radius 2 is 1.79 bits per heavy atom. The van der Waals surface area contributed by atoms with Crippen LogP contribution in [0.5, 0.6) is 0 Å². The Bertz CT molecular complexity index is 1180. The van der Waals surface area contributed by atoms with Crippen molar-refractivity contribution >= 4 is 27.6 Å². The highest BCUT2D eigenvalue weighted by atomic mass is 32.2. The minimum Gasteiger partial charge on any atom is -0.449 e. The van der Waals surface area contributed by atoms with Crippen LogP contribution in [-0.2, 0) is 19.6 Å². The second-order valence-corrected chi connectivity index (χ2v) is 10.5. The topological polar surface area (TPSA) is 117 Å². The van der Waals surface area contributed by atoms with E-state index in [9.17, 15) is 18.0 Å². The van der Waals surface area contributed by atoms with Gasteiger partial charge in [0.25, 0.3) is 5.91 Å². The summed E-state index contributed by atoms with van der Waals surface area (Å²) in [6.07, 6.45) is -0.161. The van der Waals surface area contributed by atoms with Crippen LogP contribution in [0.25, 0.3) is 0 Å². The summed E-state index contributed by atoms with van der Waals surface area (Å²) < 4.78 is 33.0. The van der Waals surface area contributed by atoms with Crippen LogP contribution in [0.4, 0.5) is 5.69 Å². The number of ether oxygens (including phenoxy) is 1. The van der Waals surface area contributed by atoms with E-state index in [-0.39, 0.29) is 22.3 Å². The largest absolute Gasteiger partial charge is 0.449 e. The molecule has 8 nitrogen and oxygen atoms in total. The van der Waals surface area contributed by atoms with E-state index in [4.69, 9.17) is 10.00 Å². The molecule has 3 atom stereocenters. The van der Waals surface area contributed by atoms with Gasteiger partial charge in [-0.3, -0.25) is 4.79 Å². The highest BCUT2D eigenvalue weighted by Gasteiger charge is 2.32. The van der Waals surface area contributed by atoms with Gasteiger partial charge in [-0.05, 0) is 61.6 Å². The SMILES string of the molecule is CC1CC(C)CN(S(=O)(=O)c2cccc(C(=O)OC(C)C(=O)Nc3cccc(C#N)c3)c2)C1. The quantitative estimate of drug-likeness (QED) is 0.648. The molecule has 2 aromatic carbocycles. The monoisotopic (exact) mass is 469 g/mol. The molecule has 33 heavy (non-hydrogen) atoms. The number of hydrogen-bond acceptors (Lipinski definition) is 6. The van der Waals surface area contributed by atoms with Crippen molar-refractivity contribution in [2.24, 2.45) is 11.8 Å². The number of hydrogen-bond donors (Lipinski definition) is 1. The normalized spacial score (nSPS) is 19.8. The molecule has 2 aromatic rings. The Kier molecular flexibility index (Phi) is 7.51. The van der Waals surface area contributed by atoms with Gasteiger partial charge in [-0.15, -0.1) is 0 Å². The molecular formula is C24H27N3O5S. The predicted molar refractivity (Wildman–Crippen MR) is 123 cm³/mol. The smallest absolute Gasteiger partial charge is 0.338 e. The van der Waals surface area contributed by atoms with Crippen molar-refractivity contribution in [1.82, 2.24) is 4.31 Å². The second-order valence-electron chi connectivity index (χ2n) is 8.53. The van der Waals surface area contributed by atoms with Crippen LogP contribution in [0.3, 0.4) is 0 Å². The van der Waals surface area contributed by atoms with Crippen molar-refractivity contribution in [1.29, 1.82) is 5.26 Å². The lowest BCUT2D eigenvalue weighted by Gasteiger charge is -2.34. The first-order chi connectivity index (χ1) is 15.6. The number of rotatable bonds is 6. The number of esters is 1. The zero-order valence-corrected chi connectivity index (χ0v) is 19.6. The standard InChI is InChI=1S/C24H27N3O5S/c1-16-10-17(2)15-27(14-16)33(30,31)22-9-5-7-20(12-22)24(29)32-18(3)23(28)26-21-8-4-6-19(11-21)13-25/h4-9,11-12,16-18H,10,14-15H2,1-3H3,(H,26,28). The highest BCUT2D eigenvalue weighted by Crippen LogP contribution is 2.27. The van der Waals surface area contributed by atoms with Crippen LogP contribution in [0.2, 0.25) is 0 Å². The van der Waals surface area contributed by atoms with E-state index >= 15 is 0 Å². The van der Waals surface area contributed by atoms with Gasteiger partial charge < -0.3 is 10.1 Å². The lowest BCUT2D eigenvalue weighted by molar-refractivity contribution is -0.123. The van der Waals surface area contributed by atoms with Crippen LogP contribution >= 0.6 is 0 Å². The van der Waals surface area contributed by atoms with E-state index in [1.165, 1.54) is 41.6 Å². The molecule has 0 aromatic heterocycles. The van der Waals surface area contributed by atoms with Gasteiger partial charge in [0.05, 0.1) is 22.1 Å². The van der Waals surface area contributed by atoms with E-state index in [0.717, 1.165) is 6.42 Å². The molecule has 1 aliphatic heterocycles. The molecule has 1 fully saturated rings. The van der Waals surface area contributed by atoms with Gasteiger partial charge in [0.2, 0.25) is 10.0 Å². The van der Waals surface area contributed by atoms with E-state index in [1.807, 2.05) is 19.9 Å². The Balaban J connectivity index is 1.70. The molecule has 1 N–H and O–H groups in total. The van der Waals surface area contributed by atoms with Gasteiger partial charge in [-0.2, -0.15) is 9.57 Å². The number of nitriles is 1. The third-order valence-electron chi connectivity index (χ3n) is 5.46. The number of sulfonamides is 1. The lowest BCUT2D eigenvalue weighted by atomic mass is 9.94. The zero-order chi connectivity index (χ0) is 24.2. The van der Waals surface area contributed by atoms with Crippen molar-refractivity contribution in [2.75, 3.05) is 18.4 Å². The van der Waals surface area contributed by atoms with Crippen LogP contribution < -0.4 is 5.32 Å². The fraction of sp³-hybridized carbons (Fsp3) is 0.375. The molecule has 1 aliphatic rings. The number of carbonyl (C=O) groups excluding carboxylic acids is 2. The summed E-state index contributed by atoms with van der Waals surface area (Å²) in [5.74, 6) is -0.867. The summed E-state index contributed by atoms with van der Waals surface area (Å²) in [4.78, 5) is 25.0. The van der Waals surface area contributed by atoms with Crippen molar-refractivity contribution in [3.05, 3.63) is 59.7 Å². The number of nitrogens with zero attached hydrogens (tertiary/aromatic N) is 2. The minimum atomic E-state index is -3.76. The average molecular weight is 470 g/mol. The number of piperidine rings is 1. The molecule has 3 unspecified atom stereocenters. The lowest BCUT2D eigenvalue weighted by Crippen LogP contribution is -2.42. The first-order valence-corrected chi connectivity index (χ1v) is 12.2. The molecule has 1 amide bonds. The summed E-state index contributed by atoms with van der Waals surface area (Å²) in [7, 11) is -3.76. The van der Waals surface area contributed by atoms with Crippen LogP contribution in [0.15, 0.2) is 53.4 Å². The molecule has 0 bridgehead atoms. The maximum atomic E-state index is 13.1. The van der Waals surface area contributed by atoms with E-state index in [0.29, 0.717) is 24.3 Å². The molecule has 0 aliphatic carbocycles. The van der Waals surface area contributed by atoms with Crippen LogP contribution in [0.1, 0.15) is 43.1 Å². The summed E-state index contributed by atoms with van der Waals surface area (Å²) in [6.45, 7) is 6.33. The van der Waals surface area contributed by atoms with Crippen molar-refractivity contribution in [2.45, 2.75) is 38.2 Å². The number of carbonyl (C=O) groups is 2. The van der Waals surface area contributed by atoms with Gasteiger partial charge in [0.1, 0.15) is 0 Å².